The molecule has 0 bridgehead atoms. The smallest absolute Gasteiger partial charge is 0.180 e. The number of nitrogens with zero attached hydrogens (tertiary/aromatic N) is 4. The van der Waals surface area contributed by atoms with Gasteiger partial charge in [-0.25, -0.2) is 15.0 Å². The van der Waals surface area contributed by atoms with Gasteiger partial charge in [0.1, 0.15) is 5.82 Å². The van der Waals surface area contributed by atoms with Gasteiger partial charge in [0.25, 0.3) is 0 Å². The molecule has 1 aliphatic rings. The first-order chi connectivity index (χ1) is 12.4. The number of para-hydroxylation sites is 2. The lowest BCUT2D eigenvalue weighted by Crippen LogP contribution is -2.05. The van der Waals surface area contributed by atoms with Crippen molar-refractivity contribution in [2.75, 3.05) is 11.1 Å². The van der Waals surface area contributed by atoms with Crippen LogP contribution in [-0.4, -0.2) is 30.1 Å². The van der Waals surface area contributed by atoms with Gasteiger partial charge in [-0.1, -0.05) is 12.1 Å². The van der Waals surface area contributed by atoms with E-state index >= 15 is 0 Å². The van der Waals surface area contributed by atoms with E-state index in [0.29, 0.717) is 11.8 Å². The molecule has 7 heteroatoms. The minimum atomic E-state index is 0.542. The van der Waals surface area contributed by atoms with Crippen molar-refractivity contribution in [3.63, 3.8) is 0 Å². The number of benzene rings is 1. The Kier molecular flexibility index (Phi) is 3.59. The molecule has 1 aliphatic heterocycles. The summed E-state index contributed by atoms with van der Waals surface area (Å²) < 4.78 is 2.16. The Bertz CT molecular complexity index is 997. The normalized spacial score (nSPS) is 17.5. The second-order valence-corrected chi connectivity index (χ2v) is 7.52. The van der Waals surface area contributed by atoms with E-state index in [-0.39, 0.29) is 0 Å². The first-order valence-corrected chi connectivity index (χ1v) is 9.54. The van der Waals surface area contributed by atoms with Crippen LogP contribution in [0, 0.1) is 0 Å². The summed E-state index contributed by atoms with van der Waals surface area (Å²) >= 11 is 2.02. The average Bonchev–Trinajstić information content (AvgIpc) is 3.37. The molecule has 0 spiro atoms. The fraction of sp³-hybridized carbons (Fsp3) is 0.278. The summed E-state index contributed by atoms with van der Waals surface area (Å²) in [6, 6.07) is 8.04. The lowest BCUT2D eigenvalue weighted by molar-refractivity contribution is 0.797. The van der Waals surface area contributed by atoms with E-state index in [0.717, 1.165) is 28.3 Å². The molecule has 0 unspecified atom stereocenters. The number of fused-ring (bicyclic) bond motifs is 2. The predicted molar refractivity (Wildman–Crippen MR) is 101 cm³/mol. The molecule has 0 saturated carbocycles. The van der Waals surface area contributed by atoms with Crippen LogP contribution in [-0.2, 0) is 6.54 Å². The number of rotatable bonds is 4. The highest BCUT2D eigenvalue weighted by Crippen LogP contribution is 2.40. The topological polar surface area (TPSA) is 70.9 Å². The van der Waals surface area contributed by atoms with E-state index < -0.39 is 0 Å². The van der Waals surface area contributed by atoms with Crippen molar-refractivity contribution in [2.45, 2.75) is 24.6 Å². The molecule has 0 aliphatic carbocycles. The second-order valence-electron chi connectivity index (χ2n) is 6.21. The van der Waals surface area contributed by atoms with E-state index in [9.17, 15) is 0 Å². The summed E-state index contributed by atoms with van der Waals surface area (Å²) in [7, 11) is 0. The van der Waals surface area contributed by atoms with Gasteiger partial charge in [-0.2, -0.15) is 11.8 Å². The first kappa shape index (κ1) is 14.8. The molecule has 2 N–H and O–H groups in total. The van der Waals surface area contributed by atoms with Gasteiger partial charge in [0.05, 0.1) is 29.5 Å². The summed E-state index contributed by atoms with van der Waals surface area (Å²) in [5.41, 5.74) is 4.17. The third-order valence-corrected chi connectivity index (χ3v) is 5.98. The van der Waals surface area contributed by atoms with Crippen LogP contribution >= 0.6 is 11.8 Å². The average molecular weight is 350 g/mol. The lowest BCUT2D eigenvalue weighted by Gasteiger charge is -2.09. The minimum absolute atomic E-state index is 0.542. The number of imidazole rings is 2. The molecule has 5 rings (SSSR count). The Balaban J connectivity index is 1.42. The number of H-pyrrole nitrogens is 1. The number of anilines is 1. The number of nitrogens with one attached hydrogen (secondary N) is 2. The van der Waals surface area contributed by atoms with Gasteiger partial charge in [-0.05, 0) is 30.7 Å². The Morgan fingerprint density at radius 3 is 3.12 bits per heavy atom. The molecule has 1 aromatic carbocycles. The maximum Gasteiger partial charge on any atom is 0.180 e. The number of hydrogen-bond donors (Lipinski definition) is 2. The van der Waals surface area contributed by atoms with Gasteiger partial charge >= 0.3 is 0 Å². The minimum Gasteiger partial charge on any atom is -0.360 e. The Hall–Kier alpha value is -2.54. The van der Waals surface area contributed by atoms with Crippen LogP contribution in [0.15, 0.2) is 42.9 Å². The highest BCUT2D eigenvalue weighted by Gasteiger charge is 2.22. The van der Waals surface area contributed by atoms with Crippen LogP contribution in [0.1, 0.15) is 29.6 Å². The second kappa shape index (κ2) is 6.07. The third-order valence-electron chi connectivity index (χ3n) is 4.58. The van der Waals surface area contributed by atoms with Crippen LogP contribution in [0.25, 0.3) is 16.7 Å². The van der Waals surface area contributed by atoms with Crippen molar-refractivity contribution in [1.29, 1.82) is 0 Å². The van der Waals surface area contributed by atoms with Crippen molar-refractivity contribution in [3.8, 4) is 0 Å². The zero-order chi connectivity index (χ0) is 16.6. The summed E-state index contributed by atoms with van der Waals surface area (Å²) in [5, 5.41) is 3.92. The van der Waals surface area contributed by atoms with E-state index in [1.165, 1.54) is 24.3 Å². The summed E-state index contributed by atoms with van der Waals surface area (Å²) in [6.45, 7) is 0.585. The van der Waals surface area contributed by atoms with E-state index in [1.807, 2.05) is 54.6 Å². The molecule has 25 heavy (non-hydrogen) atoms. The van der Waals surface area contributed by atoms with Crippen molar-refractivity contribution in [2.24, 2.45) is 0 Å². The van der Waals surface area contributed by atoms with Gasteiger partial charge in [-0.3, -0.25) is 4.40 Å². The zero-order valence-corrected chi connectivity index (χ0v) is 14.5. The number of aromatic amines is 1. The summed E-state index contributed by atoms with van der Waals surface area (Å²) in [4.78, 5) is 17.0. The third kappa shape index (κ3) is 2.64. The molecule has 6 nitrogen and oxygen atoms in total. The van der Waals surface area contributed by atoms with Gasteiger partial charge in [0.2, 0.25) is 0 Å². The Morgan fingerprint density at radius 1 is 1.28 bits per heavy atom. The van der Waals surface area contributed by atoms with Crippen LogP contribution in [0.5, 0.6) is 0 Å². The van der Waals surface area contributed by atoms with E-state index in [4.69, 9.17) is 0 Å². The number of thioether (sulfide) groups is 1. The standard InChI is InChI=1S/C18H18N6S/c1-2-5-13-12(4-1)22-16(23-13)11-20-17-18-21-10-14(15-6-3-9-25-15)24(18)8-7-19-17/h1-2,4-5,7-8,10,15H,3,6,9,11H2,(H,19,20)(H,22,23)/t15-/m0/s1. The number of aromatic nitrogens is 5. The summed E-state index contributed by atoms with van der Waals surface area (Å²) in [6.07, 6.45) is 8.33. The molecular formula is C18H18N6S. The van der Waals surface area contributed by atoms with Crippen molar-refractivity contribution < 1.29 is 0 Å². The molecule has 3 aromatic heterocycles. The van der Waals surface area contributed by atoms with Gasteiger partial charge in [0.15, 0.2) is 11.5 Å². The molecular weight excluding hydrogens is 332 g/mol. The molecule has 1 saturated heterocycles. The van der Waals surface area contributed by atoms with Crippen LogP contribution < -0.4 is 5.32 Å². The van der Waals surface area contributed by atoms with Crippen molar-refractivity contribution in [3.05, 3.63) is 54.4 Å². The highest BCUT2D eigenvalue weighted by molar-refractivity contribution is 7.99. The molecule has 0 radical (unpaired) electrons. The fourth-order valence-corrected chi connectivity index (χ4v) is 4.67. The van der Waals surface area contributed by atoms with Gasteiger partial charge < -0.3 is 10.3 Å². The molecule has 4 aromatic rings. The maximum atomic E-state index is 4.61. The molecule has 0 amide bonds. The quantitative estimate of drug-likeness (QED) is 0.586. The summed E-state index contributed by atoms with van der Waals surface area (Å²) in [5.74, 6) is 2.92. The molecule has 4 heterocycles. The fourth-order valence-electron chi connectivity index (χ4n) is 3.37. The SMILES string of the molecule is c1ccc2[nH]c(CNc3nccn4c([C@@H]5CCCS5)cnc34)nc2c1. The van der Waals surface area contributed by atoms with E-state index in [1.54, 1.807) is 0 Å². The maximum absolute atomic E-state index is 4.61. The Labute approximate surface area is 149 Å². The first-order valence-electron chi connectivity index (χ1n) is 8.49. The molecule has 1 fully saturated rings. The van der Waals surface area contributed by atoms with Crippen molar-refractivity contribution >= 4 is 34.3 Å². The zero-order valence-electron chi connectivity index (χ0n) is 13.6. The largest absolute Gasteiger partial charge is 0.360 e. The number of hydrogen-bond acceptors (Lipinski definition) is 5. The van der Waals surface area contributed by atoms with Crippen LogP contribution in [0.2, 0.25) is 0 Å². The van der Waals surface area contributed by atoms with Crippen LogP contribution in [0.4, 0.5) is 5.82 Å². The van der Waals surface area contributed by atoms with Crippen LogP contribution in [0.3, 0.4) is 0 Å². The Morgan fingerprint density at radius 2 is 2.24 bits per heavy atom. The van der Waals surface area contributed by atoms with E-state index in [2.05, 4.69) is 29.7 Å². The predicted octanol–water partition coefficient (Wildman–Crippen LogP) is 3.79. The van der Waals surface area contributed by atoms with Gasteiger partial charge in [0, 0.05) is 17.6 Å². The molecule has 1 atom stereocenters. The monoisotopic (exact) mass is 350 g/mol. The van der Waals surface area contributed by atoms with Gasteiger partial charge in [-0.15, -0.1) is 0 Å². The molecule has 126 valence electrons. The lowest BCUT2D eigenvalue weighted by atomic mass is 10.2. The van der Waals surface area contributed by atoms with Crippen molar-refractivity contribution in [1.82, 2.24) is 24.3 Å². The highest BCUT2D eigenvalue weighted by atomic mass is 32.2.